The molecule has 0 saturated heterocycles. The summed E-state index contributed by atoms with van der Waals surface area (Å²) in [5.74, 6) is -0.142. The summed E-state index contributed by atoms with van der Waals surface area (Å²) in [6.45, 7) is -0.239. The van der Waals surface area contributed by atoms with Crippen LogP contribution in [0.1, 0.15) is 16.2 Å². The lowest BCUT2D eigenvalue weighted by atomic mass is 10.1. The highest BCUT2D eigenvalue weighted by atomic mass is 35.5. The summed E-state index contributed by atoms with van der Waals surface area (Å²) in [6.07, 6.45) is 3.21. The lowest BCUT2D eigenvalue weighted by molar-refractivity contribution is -0.118. The molecule has 0 atom stereocenters. The number of ether oxygens (including phenoxy) is 1. The number of amides is 1. The van der Waals surface area contributed by atoms with Gasteiger partial charge in [-0.05, 0) is 30.3 Å². The highest BCUT2D eigenvalue weighted by Gasteiger charge is 2.19. The number of para-hydroxylation sites is 1. The number of nitrogens with zero attached hydrogens (tertiary/aromatic N) is 2. The fourth-order valence-corrected chi connectivity index (χ4v) is 2.54. The van der Waals surface area contributed by atoms with Crippen LogP contribution >= 0.6 is 11.6 Å². The first-order valence-electron chi connectivity index (χ1n) is 7.84. The van der Waals surface area contributed by atoms with E-state index >= 15 is 0 Å². The second-order valence-corrected chi connectivity index (χ2v) is 5.97. The number of benzene rings is 2. The quantitative estimate of drug-likeness (QED) is 0.676. The highest BCUT2D eigenvalue weighted by Crippen LogP contribution is 2.25. The third-order valence-corrected chi connectivity index (χ3v) is 3.86. The summed E-state index contributed by atoms with van der Waals surface area (Å²) in [4.78, 5) is 28.8. The molecule has 1 aromatic heterocycles. The third kappa shape index (κ3) is 4.10. The molecule has 3 aromatic rings. The number of nitrogens with one attached hydrogen (secondary N) is 1. The van der Waals surface area contributed by atoms with Crippen LogP contribution in [-0.4, -0.2) is 27.8 Å². The van der Waals surface area contributed by atoms with E-state index in [0.29, 0.717) is 10.7 Å². The molecule has 6 nitrogen and oxygen atoms in total. The molecule has 0 unspecified atom stereocenters. The Labute approximate surface area is 155 Å². The standard InChI is InChI=1S/C19H16ClN3O3/c1-23-10-9-21-19(23)18(25)15-11-13(20)7-8-16(15)26-12-17(24)22-14-5-3-2-4-6-14/h2-11H,12H2,1H3,(H,22,24). The summed E-state index contributed by atoms with van der Waals surface area (Å²) in [7, 11) is 1.72. The Balaban J connectivity index is 1.75. The van der Waals surface area contributed by atoms with Gasteiger partial charge in [-0.1, -0.05) is 29.8 Å². The highest BCUT2D eigenvalue weighted by molar-refractivity contribution is 6.31. The second kappa shape index (κ2) is 7.84. The van der Waals surface area contributed by atoms with E-state index in [4.69, 9.17) is 16.3 Å². The van der Waals surface area contributed by atoms with Crippen LogP contribution in [0, 0.1) is 0 Å². The van der Waals surface area contributed by atoms with Crippen LogP contribution in [0.2, 0.25) is 5.02 Å². The summed E-state index contributed by atoms with van der Waals surface area (Å²) in [6, 6.07) is 13.7. The van der Waals surface area contributed by atoms with E-state index in [-0.39, 0.29) is 35.4 Å². The van der Waals surface area contributed by atoms with E-state index in [9.17, 15) is 9.59 Å². The Morgan fingerprint density at radius 1 is 1.19 bits per heavy atom. The first-order valence-corrected chi connectivity index (χ1v) is 8.21. The minimum absolute atomic E-state index is 0.239. The van der Waals surface area contributed by atoms with Gasteiger partial charge in [0, 0.05) is 30.2 Å². The predicted octanol–water partition coefficient (Wildman–Crippen LogP) is 3.32. The van der Waals surface area contributed by atoms with Crippen molar-refractivity contribution in [2.75, 3.05) is 11.9 Å². The summed E-state index contributed by atoms with van der Waals surface area (Å²) < 4.78 is 7.16. The molecular weight excluding hydrogens is 354 g/mol. The molecule has 1 amide bonds. The zero-order valence-electron chi connectivity index (χ0n) is 14.0. The number of hydrogen-bond acceptors (Lipinski definition) is 4. The molecule has 1 heterocycles. The van der Waals surface area contributed by atoms with Crippen molar-refractivity contribution in [3.05, 3.63) is 77.3 Å². The number of imidazole rings is 1. The summed E-state index contributed by atoms with van der Waals surface area (Å²) in [5, 5.41) is 3.11. The zero-order valence-corrected chi connectivity index (χ0v) is 14.7. The van der Waals surface area contributed by atoms with E-state index in [0.717, 1.165) is 0 Å². The maximum absolute atomic E-state index is 12.7. The molecule has 0 spiro atoms. The van der Waals surface area contributed by atoms with Crippen LogP contribution in [0.15, 0.2) is 60.9 Å². The van der Waals surface area contributed by atoms with Crippen LogP contribution in [-0.2, 0) is 11.8 Å². The van der Waals surface area contributed by atoms with Gasteiger partial charge in [0.05, 0.1) is 5.56 Å². The molecule has 0 aliphatic carbocycles. The minimum atomic E-state index is -0.335. The van der Waals surface area contributed by atoms with Gasteiger partial charge < -0.3 is 14.6 Å². The Morgan fingerprint density at radius 3 is 2.65 bits per heavy atom. The largest absolute Gasteiger partial charge is 0.483 e. The van der Waals surface area contributed by atoms with Crippen molar-refractivity contribution in [2.45, 2.75) is 0 Å². The first kappa shape index (κ1) is 17.7. The molecule has 2 aromatic carbocycles. The van der Waals surface area contributed by atoms with Crippen molar-refractivity contribution in [2.24, 2.45) is 7.05 Å². The zero-order chi connectivity index (χ0) is 18.5. The number of aryl methyl sites for hydroxylation is 1. The van der Waals surface area contributed by atoms with Gasteiger partial charge in [0.15, 0.2) is 12.4 Å². The van der Waals surface area contributed by atoms with Crippen molar-refractivity contribution in [3.8, 4) is 5.75 Å². The van der Waals surface area contributed by atoms with Gasteiger partial charge in [-0.2, -0.15) is 0 Å². The maximum Gasteiger partial charge on any atom is 0.262 e. The van der Waals surface area contributed by atoms with Gasteiger partial charge >= 0.3 is 0 Å². The lowest BCUT2D eigenvalue weighted by Crippen LogP contribution is -2.21. The molecule has 26 heavy (non-hydrogen) atoms. The van der Waals surface area contributed by atoms with Crippen LogP contribution in [0.3, 0.4) is 0 Å². The fourth-order valence-electron chi connectivity index (χ4n) is 2.37. The van der Waals surface area contributed by atoms with Gasteiger partial charge in [-0.15, -0.1) is 0 Å². The average molecular weight is 370 g/mol. The first-order chi connectivity index (χ1) is 12.5. The molecular formula is C19H16ClN3O3. The maximum atomic E-state index is 12.7. The Kier molecular flexibility index (Phi) is 5.34. The molecule has 0 radical (unpaired) electrons. The molecule has 0 aliphatic heterocycles. The number of carbonyl (C=O) groups excluding carboxylic acids is 2. The Morgan fingerprint density at radius 2 is 1.96 bits per heavy atom. The van der Waals surface area contributed by atoms with E-state index in [2.05, 4.69) is 10.3 Å². The van der Waals surface area contributed by atoms with Crippen LogP contribution in [0.25, 0.3) is 0 Å². The molecule has 0 aliphatic rings. The number of ketones is 1. The number of hydrogen-bond donors (Lipinski definition) is 1. The van der Waals surface area contributed by atoms with Gasteiger partial charge in [-0.3, -0.25) is 9.59 Å². The van der Waals surface area contributed by atoms with Crippen LogP contribution in [0.5, 0.6) is 5.75 Å². The Bertz CT molecular complexity index is 938. The fraction of sp³-hybridized carbons (Fsp3) is 0.105. The van der Waals surface area contributed by atoms with Gasteiger partial charge in [0.1, 0.15) is 5.75 Å². The van der Waals surface area contributed by atoms with Crippen LogP contribution in [0.4, 0.5) is 5.69 Å². The van der Waals surface area contributed by atoms with E-state index in [1.165, 1.54) is 12.3 Å². The van der Waals surface area contributed by atoms with Crippen molar-refractivity contribution in [3.63, 3.8) is 0 Å². The Hall–Kier alpha value is -3.12. The van der Waals surface area contributed by atoms with E-state index in [1.54, 1.807) is 42.1 Å². The number of aromatic nitrogens is 2. The summed E-state index contributed by atoms with van der Waals surface area (Å²) in [5.41, 5.74) is 0.917. The molecule has 0 fully saturated rings. The molecule has 132 valence electrons. The smallest absolute Gasteiger partial charge is 0.262 e. The molecule has 0 saturated carbocycles. The molecule has 7 heteroatoms. The van der Waals surface area contributed by atoms with Crippen molar-refractivity contribution < 1.29 is 14.3 Å². The summed E-state index contributed by atoms with van der Waals surface area (Å²) >= 11 is 6.02. The van der Waals surface area contributed by atoms with E-state index < -0.39 is 0 Å². The van der Waals surface area contributed by atoms with Gasteiger partial charge in [-0.25, -0.2) is 4.98 Å². The normalized spacial score (nSPS) is 10.4. The molecule has 1 N–H and O–H groups in total. The minimum Gasteiger partial charge on any atom is -0.483 e. The van der Waals surface area contributed by atoms with Gasteiger partial charge in [0.2, 0.25) is 5.78 Å². The van der Waals surface area contributed by atoms with Crippen molar-refractivity contribution in [1.29, 1.82) is 0 Å². The average Bonchev–Trinajstić information content (AvgIpc) is 3.07. The topological polar surface area (TPSA) is 73.2 Å². The van der Waals surface area contributed by atoms with Gasteiger partial charge in [0.25, 0.3) is 5.91 Å². The number of anilines is 1. The molecule has 3 rings (SSSR count). The number of rotatable bonds is 6. The van der Waals surface area contributed by atoms with E-state index in [1.807, 2.05) is 18.2 Å². The second-order valence-electron chi connectivity index (χ2n) is 5.53. The predicted molar refractivity (Wildman–Crippen MR) is 98.7 cm³/mol. The monoisotopic (exact) mass is 369 g/mol. The SMILES string of the molecule is Cn1ccnc1C(=O)c1cc(Cl)ccc1OCC(=O)Nc1ccccc1. The lowest BCUT2D eigenvalue weighted by Gasteiger charge is -2.11. The molecule has 0 bridgehead atoms. The van der Waals surface area contributed by atoms with Crippen molar-refractivity contribution in [1.82, 2.24) is 9.55 Å². The van der Waals surface area contributed by atoms with Crippen molar-refractivity contribution >= 4 is 29.0 Å². The number of carbonyl (C=O) groups is 2. The number of halogens is 1. The third-order valence-electron chi connectivity index (χ3n) is 3.63. The van der Waals surface area contributed by atoms with Crippen LogP contribution < -0.4 is 10.1 Å².